The number of nitrogens with zero attached hydrogens (tertiary/aromatic N) is 1. The quantitative estimate of drug-likeness (QED) is 0.906. The monoisotopic (exact) mass is 268 g/mol. The van der Waals surface area contributed by atoms with Crippen molar-refractivity contribution in [3.8, 4) is 0 Å². The van der Waals surface area contributed by atoms with Crippen LogP contribution in [0.5, 0.6) is 0 Å². The highest BCUT2D eigenvalue weighted by atomic mass is 15.1. The van der Waals surface area contributed by atoms with E-state index in [4.69, 9.17) is 0 Å². The summed E-state index contributed by atoms with van der Waals surface area (Å²) < 4.78 is 0. The Labute approximate surface area is 122 Å². The average molecular weight is 268 g/mol. The SMILES string of the molecule is CN(C)CC1CCCc2c(C3=CCNC=C3)cccc21. The largest absolute Gasteiger partial charge is 0.387 e. The Morgan fingerprint density at radius 2 is 2.20 bits per heavy atom. The van der Waals surface area contributed by atoms with E-state index in [1.54, 1.807) is 11.1 Å². The van der Waals surface area contributed by atoms with Crippen LogP contribution in [0.3, 0.4) is 0 Å². The third-order valence-electron chi connectivity index (χ3n) is 4.35. The van der Waals surface area contributed by atoms with Crippen LogP contribution >= 0.6 is 0 Å². The molecule has 1 unspecified atom stereocenters. The summed E-state index contributed by atoms with van der Waals surface area (Å²) in [7, 11) is 4.35. The van der Waals surface area contributed by atoms with Crippen LogP contribution < -0.4 is 5.32 Å². The number of hydrogen-bond donors (Lipinski definition) is 1. The van der Waals surface area contributed by atoms with E-state index in [1.807, 2.05) is 0 Å². The highest BCUT2D eigenvalue weighted by Gasteiger charge is 2.23. The standard InChI is InChI=1S/C18H24N2/c1-20(2)13-15-5-3-8-18-16(6-4-7-17(15)18)14-9-11-19-12-10-14/h4,6-7,9-11,15,19H,3,5,8,12-13H2,1-2H3. The number of benzene rings is 1. The summed E-state index contributed by atoms with van der Waals surface area (Å²) in [5, 5.41) is 3.24. The molecule has 0 saturated heterocycles. The number of hydrogen-bond acceptors (Lipinski definition) is 2. The van der Waals surface area contributed by atoms with Gasteiger partial charge in [0, 0.05) is 13.1 Å². The maximum Gasteiger partial charge on any atom is 0.0334 e. The molecule has 20 heavy (non-hydrogen) atoms. The zero-order chi connectivity index (χ0) is 13.9. The minimum absolute atomic E-state index is 0.694. The summed E-state index contributed by atoms with van der Waals surface area (Å²) in [5.74, 6) is 0.694. The van der Waals surface area contributed by atoms with Gasteiger partial charge in [0.25, 0.3) is 0 Å². The van der Waals surface area contributed by atoms with Crippen LogP contribution in [0.25, 0.3) is 5.57 Å². The smallest absolute Gasteiger partial charge is 0.0334 e. The summed E-state index contributed by atoms with van der Waals surface area (Å²) in [6.07, 6.45) is 10.4. The van der Waals surface area contributed by atoms with Crippen LogP contribution in [0, 0.1) is 0 Å². The Hall–Kier alpha value is -1.54. The Morgan fingerprint density at radius 1 is 1.30 bits per heavy atom. The molecular formula is C18H24N2. The van der Waals surface area contributed by atoms with Gasteiger partial charge in [0.15, 0.2) is 0 Å². The normalized spacial score (nSPS) is 21.4. The van der Waals surface area contributed by atoms with Gasteiger partial charge in [-0.25, -0.2) is 0 Å². The summed E-state index contributed by atoms with van der Waals surface area (Å²) in [5.41, 5.74) is 5.99. The third-order valence-corrected chi connectivity index (χ3v) is 4.35. The van der Waals surface area contributed by atoms with Crippen LogP contribution in [0.2, 0.25) is 0 Å². The average Bonchev–Trinajstić information content (AvgIpc) is 2.47. The van der Waals surface area contributed by atoms with Crippen molar-refractivity contribution in [1.82, 2.24) is 10.2 Å². The van der Waals surface area contributed by atoms with E-state index in [9.17, 15) is 0 Å². The fourth-order valence-electron chi connectivity index (χ4n) is 3.50. The van der Waals surface area contributed by atoms with Gasteiger partial charge in [-0.05, 0) is 73.8 Å². The first-order valence-electron chi connectivity index (χ1n) is 7.62. The molecule has 0 fully saturated rings. The van der Waals surface area contributed by atoms with Gasteiger partial charge in [0.1, 0.15) is 0 Å². The highest BCUT2D eigenvalue weighted by molar-refractivity contribution is 5.77. The maximum absolute atomic E-state index is 3.24. The molecule has 0 spiro atoms. The number of dihydropyridines is 1. The minimum atomic E-state index is 0.694. The number of likely N-dealkylation sites (N-methyl/N-ethyl adjacent to an activating group) is 1. The molecule has 1 aliphatic heterocycles. The van der Waals surface area contributed by atoms with E-state index in [1.165, 1.54) is 30.4 Å². The number of nitrogens with one attached hydrogen (secondary N) is 1. The van der Waals surface area contributed by atoms with Gasteiger partial charge in [0.05, 0.1) is 0 Å². The molecule has 1 aliphatic carbocycles. The van der Waals surface area contributed by atoms with Gasteiger partial charge in [-0.2, -0.15) is 0 Å². The Morgan fingerprint density at radius 3 is 2.95 bits per heavy atom. The lowest BCUT2D eigenvalue weighted by Gasteiger charge is -2.30. The van der Waals surface area contributed by atoms with Crippen molar-refractivity contribution in [1.29, 1.82) is 0 Å². The van der Waals surface area contributed by atoms with Crippen molar-refractivity contribution < 1.29 is 0 Å². The first kappa shape index (κ1) is 13.4. The zero-order valence-corrected chi connectivity index (χ0v) is 12.5. The molecule has 0 amide bonds. The van der Waals surface area contributed by atoms with Crippen molar-refractivity contribution in [3.63, 3.8) is 0 Å². The lowest BCUT2D eigenvalue weighted by atomic mass is 9.79. The van der Waals surface area contributed by atoms with Crippen molar-refractivity contribution >= 4 is 5.57 Å². The molecule has 2 heteroatoms. The van der Waals surface area contributed by atoms with E-state index in [0.29, 0.717) is 5.92 Å². The minimum Gasteiger partial charge on any atom is -0.387 e. The second kappa shape index (κ2) is 5.84. The topological polar surface area (TPSA) is 15.3 Å². The van der Waals surface area contributed by atoms with Crippen molar-refractivity contribution in [3.05, 3.63) is 53.2 Å². The molecular weight excluding hydrogens is 244 g/mol. The summed E-state index contributed by atoms with van der Waals surface area (Å²) in [4.78, 5) is 2.32. The molecule has 2 nitrogen and oxygen atoms in total. The molecule has 2 aliphatic rings. The second-order valence-corrected chi connectivity index (χ2v) is 6.13. The zero-order valence-electron chi connectivity index (χ0n) is 12.5. The molecule has 3 rings (SSSR count). The Kier molecular flexibility index (Phi) is 3.93. The molecule has 1 heterocycles. The molecule has 0 bridgehead atoms. The van der Waals surface area contributed by atoms with Crippen LogP contribution in [0.4, 0.5) is 0 Å². The molecule has 1 aromatic rings. The molecule has 0 aromatic heterocycles. The van der Waals surface area contributed by atoms with E-state index in [-0.39, 0.29) is 0 Å². The van der Waals surface area contributed by atoms with E-state index in [0.717, 1.165) is 13.1 Å². The van der Waals surface area contributed by atoms with Crippen LogP contribution in [0.1, 0.15) is 35.4 Å². The molecule has 0 radical (unpaired) electrons. The second-order valence-electron chi connectivity index (χ2n) is 6.13. The first-order chi connectivity index (χ1) is 9.75. The van der Waals surface area contributed by atoms with E-state index < -0.39 is 0 Å². The maximum atomic E-state index is 3.24. The van der Waals surface area contributed by atoms with Crippen molar-refractivity contribution in [2.45, 2.75) is 25.2 Å². The predicted molar refractivity (Wildman–Crippen MR) is 85.8 cm³/mol. The lowest BCUT2D eigenvalue weighted by Crippen LogP contribution is -2.24. The van der Waals surface area contributed by atoms with Gasteiger partial charge in [-0.15, -0.1) is 0 Å². The van der Waals surface area contributed by atoms with Crippen LogP contribution in [-0.2, 0) is 6.42 Å². The number of fused-ring (bicyclic) bond motifs is 1. The van der Waals surface area contributed by atoms with E-state index in [2.05, 4.69) is 60.9 Å². The highest BCUT2D eigenvalue weighted by Crippen LogP contribution is 2.36. The predicted octanol–water partition coefficient (Wildman–Crippen LogP) is 3.17. The molecule has 1 aromatic carbocycles. The lowest BCUT2D eigenvalue weighted by molar-refractivity contribution is 0.352. The number of rotatable bonds is 3. The Bertz CT molecular complexity index is 540. The van der Waals surface area contributed by atoms with Gasteiger partial charge in [-0.1, -0.05) is 24.3 Å². The summed E-state index contributed by atoms with van der Waals surface area (Å²) >= 11 is 0. The van der Waals surface area contributed by atoms with E-state index >= 15 is 0 Å². The van der Waals surface area contributed by atoms with Gasteiger partial charge in [0.2, 0.25) is 0 Å². The van der Waals surface area contributed by atoms with Gasteiger partial charge >= 0.3 is 0 Å². The third kappa shape index (κ3) is 2.66. The number of allylic oxidation sites excluding steroid dienone is 2. The fraction of sp³-hybridized carbons (Fsp3) is 0.444. The van der Waals surface area contributed by atoms with Crippen molar-refractivity contribution in [2.75, 3.05) is 27.2 Å². The summed E-state index contributed by atoms with van der Waals surface area (Å²) in [6, 6.07) is 6.87. The molecule has 0 saturated carbocycles. The van der Waals surface area contributed by atoms with Crippen LogP contribution in [-0.4, -0.2) is 32.1 Å². The Balaban J connectivity index is 1.98. The molecule has 1 atom stereocenters. The van der Waals surface area contributed by atoms with Gasteiger partial charge < -0.3 is 10.2 Å². The molecule has 106 valence electrons. The fourth-order valence-corrected chi connectivity index (χ4v) is 3.50. The van der Waals surface area contributed by atoms with Crippen LogP contribution in [0.15, 0.2) is 36.6 Å². The molecule has 1 N–H and O–H groups in total. The van der Waals surface area contributed by atoms with Crippen molar-refractivity contribution in [2.24, 2.45) is 0 Å². The van der Waals surface area contributed by atoms with Gasteiger partial charge in [-0.3, -0.25) is 0 Å². The first-order valence-corrected chi connectivity index (χ1v) is 7.62. The summed E-state index contributed by atoms with van der Waals surface area (Å²) in [6.45, 7) is 2.10.